The fraction of sp³-hybridized carbons (Fsp3) is 0.412. The number of hydrogen-bond acceptors (Lipinski definition) is 7. The molecule has 2 saturated heterocycles. The van der Waals surface area contributed by atoms with E-state index in [9.17, 15) is 24.3 Å². The Morgan fingerprint density at radius 3 is 2.44 bits per heavy atom. The number of esters is 1. The van der Waals surface area contributed by atoms with Crippen LogP contribution in [-0.2, 0) is 35.2 Å². The number of ether oxygens (including phenoxy) is 2. The molecule has 0 aromatic heterocycles. The van der Waals surface area contributed by atoms with Gasteiger partial charge in [-0.1, -0.05) is 88.7 Å². The molecule has 10 nitrogen and oxygen atoms in total. The standard InChI is InChI=1S/C34H36BrN3O7/c1-21-18-36-26(40)15-9-4-10-16-37(19-22-11-5-2-6-12-22)32(42)30-34-17-24(35)29(45-34)27(33(43)44-21)28(34)31(41)38(30)25(20-39)23-13-7-3-8-14-23/h2-8,10-14,17,21,25,27-30,39H,9,15-16,18-20H2,1H3,(H,36,40)/b10-4-/t21-,25+,27+,28-,29+,30+,34-/m0/s1. The van der Waals surface area contributed by atoms with Crippen LogP contribution in [-0.4, -0.2) is 82.1 Å². The summed E-state index contributed by atoms with van der Waals surface area (Å²) in [7, 11) is 0. The Morgan fingerprint density at radius 1 is 1.02 bits per heavy atom. The van der Waals surface area contributed by atoms with Crippen LogP contribution in [0.3, 0.4) is 0 Å². The summed E-state index contributed by atoms with van der Waals surface area (Å²) in [5.74, 6) is -3.77. The van der Waals surface area contributed by atoms with E-state index in [1.165, 1.54) is 4.90 Å². The number of halogens is 1. The number of allylic oxidation sites excluding steroid dienone is 1. The van der Waals surface area contributed by atoms with Crippen molar-refractivity contribution in [2.75, 3.05) is 19.7 Å². The number of carbonyl (C=O) groups excluding carboxylic acids is 4. The SMILES string of the molecule is C[C@H]1CNC(=O)CC/C=C\CN(Cc2ccccc2)C(=O)[C@H]2N([C@H](CO)c3ccccc3)C(=O)[C@@H]3[C@@H](C(=O)O1)[C@@H]1O[C@@]32C=C1Br. The highest BCUT2D eigenvalue weighted by atomic mass is 79.9. The summed E-state index contributed by atoms with van der Waals surface area (Å²) in [5, 5.41) is 13.5. The van der Waals surface area contributed by atoms with Crippen LogP contribution < -0.4 is 5.32 Å². The van der Waals surface area contributed by atoms with Gasteiger partial charge in [-0.25, -0.2) is 0 Å². The lowest BCUT2D eigenvalue weighted by Crippen LogP contribution is -2.56. The molecule has 45 heavy (non-hydrogen) atoms. The van der Waals surface area contributed by atoms with E-state index >= 15 is 0 Å². The quantitative estimate of drug-likeness (QED) is 0.368. The fourth-order valence-corrected chi connectivity index (χ4v) is 7.71. The molecule has 0 unspecified atom stereocenters. The average Bonchev–Trinajstić information content (AvgIpc) is 3.63. The van der Waals surface area contributed by atoms with Crippen LogP contribution in [0.15, 0.2) is 83.4 Å². The summed E-state index contributed by atoms with van der Waals surface area (Å²) in [5.41, 5.74) is 0.0634. The third-order valence-electron chi connectivity index (χ3n) is 9.03. The maximum Gasteiger partial charge on any atom is 0.313 e. The molecular weight excluding hydrogens is 642 g/mol. The van der Waals surface area contributed by atoms with Gasteiger partial charge in [0.1, 0.15) is 29.8 Å². The second kappa shape index (κ2) is 12.9. The number of benzene rings is 2. The predicted molar refractivity (Wildman–Crippen MR) is 167 cm³/mol. The second-order valence-corrected chi connectivity index (χ2v) is 12.9. The highest BCUT2D eigenvalue weighted by Gasteiger charge is 2.75. The predicted octanol–water partition coefficient (Wildman–Crippen LogP) is 3.02. The zero-order valence-electron chi connectivity index (χ0n) is 24.9. The number of rotatable bonds is 5. The molecule has 2 N–H and O–H groups in total. The first-order valence-electron chi connectivity index (χ1n) is 15.2. The summed E-state index contributed by atoms with van der Waals surface area (Å²) in [6.45, 7) is 1.80. The lowest BCUT2D eigenvalue weighted by Gasteiger charge is -2.39. The van der Waals surface area contributed by atoms with Crippen molar-refractivity contribution < 1.29 is 33.8 Å². The molecular formula is C34H36BrN3O7. The minimum Gasteiger partial charge on any atom is -0.460 e. The smallest absolute Gasteiger partial charge is 0.313 e. The van der Waals surface area contributed by atoms with Crippen LogP contribution in [0.5, 0.6) is 0 Å². The van der Waals surface area contributed by atoms with Crippen LogP contribution in [0.4, 0.5) is 0 Å². The molecule has 7 atom stereocenters. The van der Waals surface area contributed by atoms with E-state index in [4.69, 9.17) is 9.47 Å². The Bertz CT molecular complexity index is 1520. The first kappa shape index (κ1) is 31.2. The van der Waals surface area contributed by atoms with Gasteiger partial charge in [-0.3, -0.25) is 19.2 Å². The molecule has 4 aliphatic rings. The van der Waals surface area contributed by atoms with E-state index < -0.39 is 60.2 Å². The van der Waals surface area contributed by atoms with Crippen LogP contribution in [0.2, 0.25) is 0 Å². The van der Waals surface area contributed by atoms with E-state index in [-0.39, 0.29) is 37.9 Å². The van der Waals surface area contributed by atoms with Crippen molar-refractivity contribution >= 4 is 39.6 Å². The molecule has 6 rings (SSSR count). The molecule has 0 saturated carbocycles. The monoisotopic (exact) mass is 677 g/mol. The van der Waals surface area contributed by atoms with Gasteiger partial charge in [0, 0.05) is 24.0 Å². The lowest BCUT2D eigenvalue weighted by molar-refractivity contribution is -0.159. The molecule has 4 aliphatic heterocycles. The molecule has 4 heterocycles. The minimum atomic E-state index is -1.48. The molecule has 2 fully saturated rings. The molecule has 5 bridgehead atoms. The zero-order valence-corrected chi connectivity index (χ0v) is 26.5. The number of hydrogen-bond donors (Lipinski definition) is 2. The minimum absolute atomic E-state index is 0.117. The lowest BCUT2D eigenvalue weighted by atomic mass is 9.74. The fourth-order valence-electron chi connectivity index (χ4n) is 6.98. The van der Waals surface area contributed by atoms with E-state index in [2.05, 4.69) is 21.2 Å². The summed E-state index contributed by atoms with van der Waals surface area (Å²) >= 11 is 3.56. The van der Waals surface area contributed by atoms with Gasteiger partial charge in [0.05, 0.1) is 25.1 Å². The van der Waals surface area contributed by atoms with Crippen molar-refractivity contribution in [3.8, 4) is 0 Å². The van der Waals surface area contributed by atoms with Crippen molar-refractivity contribution in [1.82, 2.24) is 15.1 Å². The maximum atomic E-state index is 14.9. The Hall–Kier alpha value is -3.80. The number of amides is 3. The Balaban J connectivity index is 1.48. The first-order chi connectivity index (χ1) is 21.7. The van der Waals surface area contributed by atoms with Crippen molar-refractivity contribution in [1.29, 1.82) is 0 Å². The third kappa shape index (κ3) is 5.73. The van der Waals surface area contributed by atoms with Gasteiger partial charge in [-0.05, 0) is 30.5 Å². The molecule has 0 radical (unpaired) electrons. The molecule has 1 spiro atoms. The third-order valence-corrected chi connectivity index (χ3v) is 9.71. The number of aliphatic hydroxyl groups excluding tert-OH is 1. The number of carbonyl (C=O) groups is 4. The van der Waals surface area contributed by atoms with E-state index in [1.54, 1.807) is 30.0 Å². The van der Waals surface area contributed by atoms with Crippen molar-refractivity contribution in [3.63, 3.8) is 0 Å². The van der Waals surface area contributed by atoms with Gasteiger partial charge in [-0.2, -0.15) is 0 Å². The summed E-state index contributed by atoms with van der Waals surface area (Å²) in [6.07, 6.45) is 4.67. The molecule has 2 aromatic carbocycles. The number of nitrogens with one attached hydrogen (secondary N) is 1. The number of nitrogens with zero attached hydrogens (tertiary/aromatic N) is 2. The van der Waals surface area contributed by atoms with Crippen molar-refractivity contribution in [2.24, 2.45) is 11.8 Å². The Labute approximate surface area is 270 Å². The van der Waals surface area contributed by atoms with Gasteiger partial charge in [0.2, 0.25) is 17.7 Å². The summed E-state index contributed by atoms with van der Waals surface area (Å²) in [4.78, 5) is 58.9. The topological polar surface area (TPSA) is 125 Å². The number of cyclic esters (lactones) is 1. The molecule has 2 aromatic rings. The zero-order chi connectivity index (χ0) is 31.7. The van der Waals surface area contributed by atoms with Gasteiger partial charge in [0.25, 0.3) is 0 Å². The maximum absolute atomic E-state index is 14.9. The Morgan fingerprint density at radius 2 is 1.73 bits per heavy atom. The van der Waals surface area contributed by atoms with E-state index in [0.717, 1.165) is 5.56 Å². The van der Waals surface area contributed by atoms with Gasteiger partial charge >= 0.3 is 5.97 Å². The first-order valence-corrected chi connectivity index (χ1v) is 16.0. The van der Waals surface area contributed by atoms with Crippen LogP contribution in [0.25, 0.3) is 0 Å². The van der Waals surface area contributed by atoms with Crippen LogP contribution >= 0.6 is 15.9 Å². The van der Waals surface area contributed by atoms with Crippen molar-refractivity contribution in [3.05, 3.63) is 94.5 Å². The normalized spacial score (nSPS) is 31.7. The highest BCUT2D eigenvalue weighted by molar-refractivity contribution is 9.11. The van der Waals surface area contributed by atoms with Crippen LogP contribution in [0, 0.1) is 11.8 Å². The number of fused-ring (bicyclic) bond motifs is 2. The summed E-state index contributed by atoms with van der Waals surface area (Å²) in [6, 6.07) is 16.5. The van der Waals surface area contributed by atoms with Crippen molar-refractivity contribution in [2.45, 2.75) is 56.2 Å². The Kier molecular flexibility index (Phi) is 8.94. The van der Waals surface area contributed by atoms with E-state index in [0.29, 0.717) is 16.5 Å². The number of aliphatic hydroxyl groups is 1. The average molecular weight is 679 g/mol. The molecule has 3 amide bonds. The van der Waals surface area contributed by atoms with Crippen LogP contribution in [0.1, 0.15) is 36.9 Å². The van der Waals surface area contributed by atoms with E-state index in [1.807, 2.05) is 60.7 Å². The number of likely N-dealkylation sites (tertiary alicyclic amines) is 1. The van der Waals surface area contributed by atoms with Gasteiger partial charge in [-0.15, -0.1) is 0 Å². The molecule has 236 valence electrons. The summed E-state index contributed by atoms with van der Waals surface area (Å²) < 4.78 is 12.9. The largest absolute Gasteiger partial charge is 0.460 e. The molecule has 11 heteroatoms. The van der Waals surface area contributed by atoms with Gasteiger partial charge in [0.15, 0.2) is 0 Å². The second-order valence-electron chi connectivity index (χ2n) is 11.9. The molecule has 0 aliphatic carbocycles. The highest BCUT2D eigenvalue weighted by Crippen LogP contribution is 2.60. The van der Waals surface area contributed by atoms with Gasteiger partial charge < -0.3 is 29.7 Å².